The minimum Gasteiger partial charge on any atom is -0.497 e. The molecule has 0 atom stereocenters. The molecule has 4 heteroatoms. The zero-order valence-corrected chi connectivity index (χ0v) is 18.0. The van der Waals surface area contributed by atoms with Gasteiger partial charge in [0.1, 0.15) is 11.5 Å². The van der Waals surface area contributed by atoms with Crippen LogP contribution in [-0.2, 0) is 0 Å². The summed E-state index contributed by atoms with van der Waals surface area (Å²) in [7, 11) is 3.35. The van der Waals surface area contributed by atoms with Crippen molar-refractivity contribution in [2.45, 2.75) is 0 Å². The van der Waals surface area contributed by atoms with Gasteiger partial charge in [-0.05, 0) is 59.7 Å². The summed E-state index contributed by atoms with van der Waals surface area (Å²) in [4.78, 5) is 0. The van der Waals surface area contributed by atoms with Crippen LogP contribution in [0.2, 0.25) is 0 Å². The fraction of sp³-hybridized carbons (Fsp3) is 0.0714. The highest BCUT2D eigenvalue weighted by atomic mass is 16.5. The van der Waals surface area contributed by atoms with Gasteiger partial charge in [0.2, 0.25) is 0 Å². The Kier molecular flexibility index (Phi) is 5.26. The SMILES string of the molecule is COc1ccc(-c2ccoc2-c2c(-c3ccc(OC)cc3)ccn2-c2ccccc2)cc1. The van der Waals surface area contributed by atoms with Crippen LogP contribution in [0, 0.1) is 0 Å². The second kappa shape index (κ2) is 8.52. The van der Waals surface area contributed by atoms with Crippen molar-refractivity contribution in [3.8, 4) is 50.9 Å². The van der Waals surface area contributed by atoms with Gasteiger partial charge in [-0.1, -0.05) is 42.5 Å². The predicted molar refractivity (Wildman–Crippen MR) is 127 cm³/mol. The highest BCUT2D eigenvalue weighted by Gasteiger charge is 2.21. The molecule has 4 nitrogen and oxygen atoms in total. The Morgan fingerprint density at radius 1 is 0.625 bits per heavy atom. The Balaban J connectivity index is 1.70. The molecule has 2 heterocycles. The number of ether oxygens (including phenoxy) is 2. The highest BCUT2D eigenvalue weighted by Crippen LogP contribution is 2.41. The van der Waals surface area contributed by atoms with Crippen molar-refractivity contribution < 1.29 is 13.9 Å². The molecule has 0 spiro atoms. The summed E-state index contributed by atoms with van der Waals surface area (Å²) in [5.74, 6) is 2.47. The lowest BCUT2D eigenvalue weighted by Gasteiger charge is -2.13. The lowest BCUT2D eigenvalue weighted by Crippen LogP contribution is -1.96. The molecule has 0 saturated carbocycles. The van der Waals surface area contributed by atoms with Crippen LogP contribution in [0.3, 0.4) is 0 Å². The molecule has 0 radical (unpaired) electrons. The van der Waals surface area contributed by atoms with Crippen molar-refractivity contribution in [3.63, 3.8) is 0 Å². The third kappa shape index (κ3) is 3.56. The van der Waals surface area contributed by atoms with Gasteiger partial charge < -0.3 is 18.5 Å². The summed E-state index contributed by atoms with van der Waals surface area (Å²) in [6, 6.07) is 30.6. The molecule has 2 aromatic heterocycles. The van der Waals surface area contributed by atoms with Gasteiger partial charge in [0, 0.05) is 23.0 Å². The number of hydrogen-bond donors (Lipinski definition) is 0. The van der Waals surface area contributed by atoms with Gasteiger partial charge in [0.15, 0.2) is 5.76 Å². The standard InChI is InChI=1S/C28H23NO3/c1-30-23-12-8-20(9-13-23)25-16-18-29(22-6-4-3-5-7-22)27(25)28-26(17-19-32-28)21-10-14-24(31-2)15-11-21/h3-19H,1-2H3. The van der Waals surface area contributed by atoms with Gasteiger partial charge in [-0.15, -0.1) is 0 Å². The van der Waals surface area contributed by atoms with Crippen LogP contribution < -0.4 is 9.47 Å². The smallest absolute Gasteiger partial charge is 0.159 e. The summed E-state index contributed by atoms with van der Waals surface area (Å²) in [5, 5.41) is 0. The first kappa shape index (κ1) is 19.8. The number of rotatable bonds is 6. The van der Waals surface area contributed by atoms with Crippen LogP contribution in [0.5, 0.6) is 11.5 Å². The van der Waals surface area contributed by atoms with E-state index in [1.165, 1.54) is 0 Å². The summed E-state index contributed by atoms with van der Waals surface area (Å²) < 4.78 is 19.0. The molecule has 0 saturated heterocycles. The Morgan fingerprint density at radius 3 is 1.81 bits per heavy atom. The van der Waals surface area contributed by atoms with E-state index in [9.17, 15) is 0 Å². The van der Waals surface area contributed by atoms with Gasteiger partial charge in [-0.3, -0.25) is 0 Å². The molecule has 5 rings (SSSR count). The van der Waals surface area contributed by atoms with Gasteiger partial charge in [-0.2, -0.15) is 0 Å². The highest BCUT2D eigenvalue weighted by molar-refractivity contribution is 5.88. The molecular weight excluding hydrogens is 398 g/mol. The van der Waals surface area contributed by atoms with Gasteiger partial charge >= 0.3 is 0 Å². The normalized spacial score (nSPS) is 10.8. The van der Waals surface area contributed by atoms with Gasteiger partial charge in [0.25, 0.3) is 0 Å². The molecular formula is C28H23NO3. The lowest BCUT2D eigenvalue weighted by atomic mass is 9.99. The Bertz CT molecular complexity index is 1310. The quantitative estimate of drug-likeness (QED) is 0.294. The molecule has 0 aliphatic carbocycles. The Labute approximate surface area is 187 Å². The first-order valence-electron chi connectivity index (χ1n) is 10.4. The third-order valence-electron chi connectivity index (χ3n) is 5.60. The van der Waals surface area contributed by atoms with Crippen LogP contribution >= 0.6 is 0 Å². The molecule has 0 aliphatic rings. The van der Waals surface area contributed by atoms with E-state index >= 15 is 0 Å². The van der Waals surface area contributed by atoms with Crippen LogP contribution in [0.4, 0.5) is 0 Å². The summed E-state index contributed by atoms with van der Waals surface area (Å²) in [6.07, 6.45) is 3.83. The minimum absolute atomic E-state index is 0.815. The summed E-state index contributed by atoms with van der Waals surface area (Å²) in [5.41, 5.74) is 6.33. The van der Waals surface area contributed by atoms with Crippen molar-refractivity contribution in [1.29, 1.82) is 0 Å². The zero-order valence-electron chi connectivity index (χ0n) is 18.0. The average Bonchev–Trinajstić information content (AvgIpc) is 3.52. The number of para-hydroxylation sites is 1. The maximum atomic E-state index is 6.11. The maximum Gasteiger partial charge on any atom is 0.159 e. The van der Waals surface area contributed by atoms with Crippen molar-refractivity contribution >= 4 is 0 Å². The second-order valence-electron chi connectivity index (χ2n) is 7.40. The summed E-state index contributed by atoms with van der Waals surface area (Å²) in [6.45, 7) is 0. The van der Waals surface area contributed by atoms with Crippen LogP contribution in [0.15, 0.2) is 108 Å². The maximum absolute atomic E-state index is 6.11. The molecule has 158 valence electrons. The van der Waals surface area contributed by atoms with Crippen LogP contribution in [-0.4, -0.2) is 18.8 Å². The lowest BCUT2D eigenvalue weighted by molar-refractivity contribution is 0.415. The number of nitrogens with zero attached hydrogens (tertiary/aromatic N) is 1. The fourth-order valence-corrected chi connectivity index (χ4v) is 3.96. The molecule has 32 heavy (non-hydrogen) atoms. The molecule has 0 bridgehead atoms. The molecule has 0 N–H and O–H groups in total. The van der Waals surface area contributed by atoms with E-state index in [0.717, 1.165) is 50.9 Å². The number of furan rings is 1. The predicted octanol–water partition coefficient (Wildman–Crippen LogP) is 7.09. The van der Waals surface area contributed by atoms with E-state index < -0.39 is 0 Å². The van der Waals surface area contributed by atoms with E-state index in [0.29, 0.717) is 0 Å². The molecule has 0 fully saturated rings. The Hall–Kier alpha value is -4.18. The summed E-state index contributed by atoms with van der Waals surface area (Å²) >= 11 is 0. The number of methoxy groups -OCH3 is 2. The third-order valence-corrected chi connectivity index (χ3v) is 5.60. The van der Waals surface area contributed by atoms with Crippen molar-refractivity contribution in [2.24, 2.45) is 0 Å². The Morgan fingerprint density at radius 2 is 1.22 bits per heavy atom. The molecule has 5 aromatic rings. The molecule has 0 amide bonds. The van der Waals surface area contributed by atoms with Crippen LogP contribution in [0.25, 0.3) is 39.4 Å². The van der Waals surface area contributed by atoms with Crippen molar-refractivity contribution in [2.75, 3.05) is 14.2 Å². The van der Waals surface area contributed by atoms with Crippen molar-refractivity contribution in [1.82, 2.24) is 4.57 Å². The first-order chi connectivity index (χ1) is 15.8. The number of benzene rings is 3. The molecule has 3 aromatic carbocycles. The van der Waals surface area contributed by atoms with E-state index in [1.54, 1.807) is 20.5 Å². The minimum atomic E-state index is 0.815. The average molecular weight is 421 g/mol. The van der Waals surface area contributed by atoms with Crippen molar-refractivity contribution in [3.05, 3.63) is 103 Å². The van der Waals surface area contributed by atoms with E-state index in [2.05, 4.69) is 53.2 Å². The number of hydrogen-bond acceptors (Lipinski definition) is 3. The zero-order chi connectivity index (χ0) is 21.9. The first-order valence-corrected chi connectivity index (χ1v) is 10.4. The topological polar surface area (TPSA) is 36.5 Å². The monoisotopic (exact) mass is 421 g/mol. The van der Waals surface area contributed by atoms with Crippen LogP contribution in [0.1, 0.15) is 0 Å². The fourth-order valence-electron chi connectivity index (χ4n) is 3.96. The van der Waals surface area contributed by atoms with Gasteiger partial charge in [0.05, 0.1) is 26.2 Å². The largest absolute Gasteiger partial charge is 0.497 e. The van der Waals surface area contributed by atoms with E-state index in [4.69, 9.17) is 13.9 Å². The van der Waals surface area contributed by atoms with E-state index in [-0.39, 0.29) is 0 Å². The molecule has 0 unspecified atom stereocenters. The second-order valence-corrected chi connectivity index (χ2v) is 7.40. The van der Waals surface area contributed by atoms with Gasteiger partial charge in [-0.25, -0.2) is 0 Å². The van der Waals surface area contributed by atoms with E-state index in [1.807, 2.05) is 48.5 Å². The number of aromatic nitrogens is 1. The molecule has 0 aliphatic heterocycles.